The Labute approximate surface area is 155 Å². The fourth-order valence-electron chi connectivity index (χ4n) is 2.36. The predicted octanol–water partition coefficient (Wildman–Crippen LogP) is 4.40. The molecule has 0 atom stereocenters. The van der Waals surface area contributed by atoms with Crippen LogP contribution in [0.5, 0.6) is 0 Å². The molecule has 0 saturated heterocycles. The number of amides is 1. The maximum absolute atomic E-state index is 12.5. The van der Waals surface area contributed by atoms with Gasteiger partial charge in [-0.25, -0.2) is 4.79 Å². The molecular weight excluding hydrogens is 356 g/mol. The summed E-state index contributed by atoms with van der Waals surface area (Å²) in [6.45, 7) is 8.73. The zero-order valence-electron chi connectivity index (χ0n) is 15.2. The molecule has 0 fully saturated rings. The average molecular weight is 376 g/mol. The van der Waals surface area contributed by atoms with Gasteiger partial charge in [0.05, 0.1) is 16.6 Å². The SMILES string of the molecule is Cc1ccc(C(=O)Nc2sc(C)c(C)c2C(=O)OC(C)C)cc1[N+](=O)[O-]. The Morgan fingerprint density at radius 2 is 1.88 bits per heavy atom. The van der Waals surface area contributed by atoms with Crippen molar-refractivity contribution in [3.05, 3.63) is 55.4 Å². The number of thiophene rings is 1. The standard InChI is InChI=1S/C18H20N2O5S/c1-9(2)25-18(22)15-11(4)12(5)26-17(15)19-16(21)13-7-6-10(3)14(8-13)20(23)24/h6-9H,1-5H3,(H,19,21). The Balaban J connectivity index is 2.35. The van der Waals surface area contributed by atoms with Gasteiger partial charge in [0, 0.05) is 22.1 Å². The topological polar surface area (TPSA) is 98.5 Å². The molecule has 0 aliphatic heterocycles. The number of nitrogens with zero attached hydrogens (tertiary/aromatic N) is 1. The van der Waals surface area contributed by atoms with Gasteiger partial charge >= 0.3 is 5.97 Å². The Morgan fingerprint density at radius 1 is 1.23 bits per heavy atom. The summed E-state index contributed by atoms with van der Waals surface area (Å²) in [6, 6.07) is 4.26. The second-order valence-corrected chi connectivity index (χ2v) is 7.38. The molecule has 0 bridgehead atoms. The van der Waals surface area contributed by atoms with Crippen molar-refractivity contribution >= 4 is 33.9 Å². The van der Waals surface area contributed by atoms with Gasteiger partial charge in [-0.1, -0.05) is 6.07 Å². The molecule has 1 aromatic heterocycles. The molecule has 1 N–H and O–H groups in total. The van der Waals surface area contributed by atoms with Gasteiger partial charge < -0.3 is 10.1 Å². The monoisotopic (exact) mass is 376 g/mol. The number of aryl methyl sites for hydroxylation is 2. The van der Waals surface area contributed by atoms with Crippen molar-refractivity contribution in [2.24, 2.45) is 0 Å². The fraction of sp³-hybridized carbons (Fsp3) is 0.333. The largest absolute Gasteiger partial charge is 0.459 e. The molecular formula is C18H20N2O5S. The van der Waals surface area contributed by atoms with E-state index in [9.17, 15) is 19.7 Å². The van der Waals surface area contributed by atoms with E-state index >= 15 is 0 Å². The van der Waals surface area contributed by atoms with Crippen LogP contribution in [-0.4, -0.2) is 22.9 Å². The highest BCUT2D eigenvalue weighted by atomic mass is 32.1. The van der Waals surface area contributed by atoms with Crippen molar-refractivity contribution in [3.8, 4) is 0 Å². The third-order valence-electron chi connectivity index (χ3n) is 3.83. The maximum atomic E-state index is 12.5. The highest BCUT2D eigenvalue weighted by molar-refractivity contribution is 7.16. The Kier molecular flexibility index (Phi) is 5.76. The van der Waals surface area contributed by atoms with Gasteiger partial charge in [0.2, 0.25) is 0 Å². The number of rotatable bonds is 5. The van der Waals surface area contributed by atoms with Crippen LogP contribution in [0.2, 0.25) is 0 Å². The maximum Gasteiger partial charge on any atom is 0.341 e. The second kappa shape index (κ2) is 7.65. The number of carbonyl (C=O) groups is 2. The van der Waals surface area contributed by atoms with E-state index in [1.54, 1.807) is 27.7 Å². The summed E-state index contributed by atoms with van der Waals surface area (Å²) in [4.78, 5) is 36.3. The first-order valence-corrected chi connectivity index (χ1v) is 8.80. The minimum atomic E-state index is -0.531. The molecule has 1 amide bonds. The Morgan fingerprint density at radius 3 is 2.46 bits per heavy atom. The number of benzene rings is 1. The molecule has 0 spiro atoms. The Hall–Kier alpha value is -2.74. The van der Waals surface area contributed by atoms with Crippen molar-refractivity contribution in [2.75, 3.05) is 5.32 Å². The van der Waals surface area contributed by atoms with Crippen LogP contribution in [0.1, 0.15) is 50.6 Å². The first kappa shape index (κ1) is 19.6. The van der Waals surface area contributed by atoms with E-state index in [0.717, 1.165) is 10.4 Å². The smallest absolute Gasteiger partial charge is 0.341 e. The number of carbonyl (C=O) groups excluding carboxylic acids is 2. The third kappa shape index (κ3) is 4.08. The lowest BCUT2D eigenvalue weighted by Crippen LogP contribution is -2.17. The van der Waals surface area contributed by atoms with Crippen LogP contribution in [0.3, 0.4) is 0 Å². The molecule has 1 heterocycles. The van der Waals surface area contributed by atoms with Crippen LogP contribution in [0.4, 0.5) is 10.7 Å². The van der Waals surface area contributed by atoms with E-state index in [-0.39, 0.29) is 17.4 Å². The lowest BCUT2D eigenvalue weighted by Gasteiger charge is -2.10. The lowest BCUT2D eigenvalue weighted by molar-refractivity contribution is -0.385. The van der Waals surface area contributed by atoms with Crippen LogP contribution >= 0.6 is 11.3 Å². The number of nitro groups is 1. The number of hydrogen-bond acceptors (Lipinski definition) is 6. The predicted molar refractivity (Wildman–Crippen MR) is 100 cm³/mol. The molecule has 26 heavy (non-hydrogen) atoms. The minimum absolute atomic E-state index is 0.129. The van der Waals surface area contributed by atoms with Gasteiger partial charge in [-0.15, -0.1) is 11.3 Å². The lowest BCUT2D eigenvalue weighted by atomic mass is 10.1. The van der Waals surface area contributed by atoms with Crippen molar-refractivity contribution in [1.29, 1.82) is 0 Å². The molecule has 2 aromatic rings. The molecule has 1 aromatic carbocycles. The molecule has 7 nitrogen and oxygen atoms in total. The van der Waals surface area contributed by atoms with Gasteiger partial charge in [0.15, 0.2) is 0 Å². The summed E-state index contributed by atoms with van der Waals surface area (Å²) in [6.07, 6.45) is -0.287. The second-order valence-electron chi connectivity index (χ2n) is 6.15. The number of esters is 1. The summed E-state index contributed by atoms with van der Waals surface area (Å²) < 4.78 is 5.25. The quantitative estimate of drug-likeness (QED) is 0.474. The first-order chi connectivity index (χ1) is 12.1. The summed E-state index contributed by atoms with van der Waals surface area (Å²) in [5, 5.41) is 14.1. The minimum Gasteiger partial charge on any atom is -0.459 e. The highest BCUT2D eigenvalue weighted by Gasteiger charge is 2.24. The normalized spacial score (nSPS) is 10.7. The molecule has 0 aliphatic rings. The number of ether oxygens (including phenoxy) is 1. The van der Waals surface area contributed by atoms with Crippen LogP contribution in [-0.2, 0) is 4.74 Å². The van der Waals surface area contributed by atoms with Crippen molar-refractivity contribution < 1.29 is 19.2 Å². The van der Waals surface area contributed by atoms with Gasteiger partial charge in [0.1, 0.15) is 5.00 Å². The average Bonchev–Trinajstić information content (AvgIpc) is 2.80. The van der Waals surface area contributed by atoms with Crippen molar-refractivity contribution in [1.82, 2.24) is 0 Å². The summed E-state index contributed by atoms with van der Waals surface area (Å²) in [5.74, 6) is -1.03. The van der Waals surface area contributed by atoms with Crippen molar-refractivity contribution in [3.63, 3.8) is 0 Å². The molecule has 0 unspecified atom stereocenters. The number of nitrogens with one attached hydrogen (secondary N) is 1. The molecule has 0 saturated carbocycles. The third-order valence-corrected chi connectivity index (χ3v) is 4.95. The van der Waals surface area contributed by atoms with E-state index in [1.807, 2.05) is 6.92 Å². The van der Waals surface area contributed by atoms with E-state index < -0.39 is 16.8 Å². The number of nitro benzene ring substituents is 1. The van der Waals surface area contributed by atoms with Gasteiger partial charge in [0.25, 0.3) is 11.6 Å². The molecule has 138 valence electrons. The van der Waals surface area contributed by atoms with Crippen LogP contribution in [0.15, 0.2) is 18.2 Å². The van der Waals surface area contributed by atoms with E-state index in [0.29, 0.717) is 16.1 Å². The summed E-state index contributed by atoms with van der Waals surface area (Å²) in [7, 11) is 0. The van der Waals surface area contributed by atoms with Gasteiger partial charge in [-0.2, -0.15) is 0 Å². The zero-order valence-corrected chi connectivity index (χ0v) is 16.0. The zero-order chi connectivity index (χ0) is 19.6. The van der Waals surface area contributed by atoms with Crippen LogP contribution in [0.25, 0.3) is 0 Å². The van der Waals surface area contributed by atoms with Gasteiger partial charge in [-0.05, 0) is 46.2 Å². The van der Waals surface area contributed by atoms with E-state index in [4.69, 9.17) is 4.74 Å². The Bertz CT molecular complexity index is 886. The number of anilines is 1. The molecule has 2 rings (SSSR count). The summed E-state index contributed by atoms with van der Waals surface area (Å²) in [5.41, 5.74) is 1.54. The number of hydrogen-bond donors (Lipinski definition) is 1. The highest BCUT2D eigenvalue weighted by Crippen LogP contribution is 2.33. The fourth-order valence-corrected chi connectivity index (χ4v) is 3.40. The first-order valence-electron chi connectivity index (χ1n) is 7.99. The van der Waals surface area contributed by atoms with Crippen molar-refractivity contribution in [2.45, 2.75) is 40.7 Å². The van der Waals surface area contributed by atoms with E-state index in [2.05, 4.69) is 5.32 Å². The summed E-state index contributed by atoms with van der Waals surface area (Å²) >= 11 is 1.27. The van der Waals surface area contributed by atoms with Crippen LogP contribution in [0, 0.1) is 30.9 Å². The van der Waals surface area contributed by atoms with Gasteiger partial charge in [-0.3, -0.25) is 14.9 Å². The van der Waals surface area contributed by atoms with Crippen LogP contribution < -0.4 is 5.32 Å². The molecule has 8 heteroatoms. The molecule has 0 aliphatic carbocycles. The van der Waals surface area contributed by atoms with E-state index in [1.165, 1.54) is 29.5 Å². The molecule has 0 radical (unpaired) electrons.